The molecule has 1 atom stereocenters. The number of Topliss-reactive ketones (excluding diaryl/α,β-unsaturated/α-hetero) is 1. The molecule has 0 spiro atoms. The Hall–Kier alpha value is -0.260. The average molecular weight is 178 g/mol. The van der Waals surface area contributed by atoms with E-state index < -0.39 is 15.5 Å². The fraction of sp³-hybridized carbons (Fsp3) is 0.667. The van der Waals surface area contributed by atoms with Crippen molar-refractivity contribution in [3.05, 3.63) is 0 Å². The van der Waals surface area contributed by atoms with Crippen molar-refractivity contribution in [2.45, 2.75) is 17.7 Å². The monoisotopic (exact) mass is 177 g/mol. The van der Waals surface area contributed by atoms with Gasteiger partial charge in [0.1, 0.15) is 10.4 Å². The molecule has 1 rings (SSSR count). The van der Waals surface area contributed by atoms with Crippen molar-refractivity contribution in [1.29, 1.82) is 5.26 Å². The summed E-state index contributed by atoms with van der Waals surface area (Å²) in [7, 11) is 0. The zero-order chi connectivity index (χ0) is 7.99. The molecular weight excluding hydrogens is 173 g/mol. The summed E-state index contributed by atoms with van der Waals surface area (Å²) >= 11 is 11.2. The van der Waals surface area contributed by atoms with E-state index >= 15 is 0 Å². The second kappa shape index (κ2) is 1.87. The van der Waals surface area contributed by atoms with Crippen molar-refractivity contribution >= 4 is 29.0 Å². The van der Waals surface area contributed by atoms with E-state index in [0.717, 1.165) is 0 Å². The Morgan fingerprint density at radius 1 is 1.70 bits per heavy atom. The third-order valence-corrected chi connectivity index (χ3v) is 2.96. The quantitative estimate of drug-likeness (QED) is 0.452. The van der Waals surface area contributed by atoms with E-state index in [9.17, 15) is 4.79 Å². The summed E-state index contributed by atoms with van der Waals surface area (Å²) in [6.07, 6.45) is 0.384. The third kappa shape index (κ3) is 0.817. The van der Waals surface area contributed by atoms with Gasteiger partial charge in [0, 0.05) is 0 Å². The highest BCUT2D eigenvalue weighted by atomic mass is 35.5. The lowest BCUT2D eigenvalue weighted by atomic mass is 10.1. The first-order chi connectivity index (χ1) is 4.44. The lowest BCUT2D eigenvalue weighted by Gasteiger charge is -2.02. The van der Waals surface area contributed by atoms with Crippen LogP contribution in [0.5, 0.6) is 0 Å². The lowest BCUT2D eigenvalue weighted by molar-refractivity contribution is -0.118. The Kier molecular flexibility index (Phi) is 1.47. The van der Waals surface area contributed by atoms with E-state index in [1.54, 1.807) is 6.92 Å². The summed E-state index contributed by atoms with van der Waals surface area (Å²) in [6.45, 7) is 1.60. The first-order valence-electron chi connectivity index (χ1n) is 2.76. The number of hydrogen-bond acceptors (Lipinski definition) is 2. The summed E-state index contributed by atoms with van der Waals surface area (Å²) < 4.78 is -1.00. The van der Waals surface area contributed by atoms with E-state index in [1.165, 1.54) is 6.07 Å². The molecular formula is C6H5Cl2NO. The van der Waals surface area contributed by atoms with E-state index in [4.69, 9.17) is 28.5 Å². The van der Waals surface area contributed by atoms with Crippen molar-refractivity contribution in [3.8, 4) is 6.07 Å². The molecule has 0 saturated heterocycles. The first kappa shape index (κ1) is 7.84. The molecule has 0 bridgehead atoms. The molecule has 1 saturated carbocycles. The molecule has 4 heteroatoms. The van der Waals surface area contributed by atoms with Crippen LogP contribution in [0.15, 0.2) is 0 Å². The number of hydrogen-bond donors (Lipinski definition) is 0. The van der Waals surface area contributed by atoms with Gasteiger partial charge in [-0.15, -0.1) is 23.2 Å². The van der Waals surface area contributed by atoms with Crippen molar-refractivity contribution in [2.75, 3.05) is 0 Å². The number of carbonyl (C=O) groups is 1. The van der Waals surface area contributed by atoms with E-state index in [1.807, 2.05) is 0 Å². The van der Waals surface area contributed by atoms with Crippen LogP contribution >= 0.6 is 23.2 Å². The SMILES string of the molecule is CC1(C(=O)C#N)CC1(Cl)Cl. The molecule has 1 unspecified atom stereocenters. The van der Waals surface area contributed by atoms with Gasteiger partial charge >= 0.3 is 0 Å². The second-order valence-electron chi connectivity index (χ2n) is 2.65. The maximum Gasteiger partial charge on any atom is 0.240 e. The van der Waals surface area contributed by atoms with Gasteiger partial charge in [0.15, 0.2) is 0 Å². The fourth-order valence-corrected chi connectivity index (χ4v) is 1.48. The summed E-state index contributed by atoms with van der Waals surface area (Å²) in [6, 6.07) is 1.52. The van der Waals surface area contributed by atoms with Crippen molar-refractivity contribution in [2.24, 2.45) is 5.41 Å². The molecule has 0 aromatic carbocycles. The molecule has 0 heterocycles. The van der Waals surface area contributed by atoms with Crippen LogP contribution in [0.2, 0.25) is 0 Å². The highest BCUT2D eigenvalue weighted by Crippen LogP contribution is 2.64. The second-order valence-corrected chi connectivity index (χ2v) is 4.14. The molecule has 54 valence electrons. The zero-order valence-corrected chi connectivity index (χ0v) is 6.83. The maximum atomic E-state index is 10.8. The van der Waals surface area contributed by atoms with Crippen LogP contribution in [-0.2, 0) is 4.79 Å². The molecule has 0 aromatic heterocycles. The van der Waals surface area contributed by atoms with Gasteiger partial charge in [0.2, 0.25) is 5.78 Å². The molecule has 10 heavy (non-hydrogen) atoms. The van der Waals surface area contributed by atoms with Gasteiger partial charge in [-0.05, 0) is 13.3 Å². The Morgan fingerprint density at radius 2 is 2.10 bits per heavy atom. The summed E-state index contributed by atoms with van der Waals surface area (Å²) in [5, 5.41) is 8.23. The third-order valence-electron chi connectivity index (χ3n) is 1.86. The van der Waals surface area contributed by atoms with Gasteiger partial charge in [-0.1, -0.05) is 0 Å². The minimum atomic E-state index is -1.00. The summed E-state index contributed by atoms with van der Waals surface area (Å²) in [5.41, 5.74) is -0.815. The standard InChI is InChI=1S/C6H5Cl2NO/c1-5(4(10)2-9)3-6(5,7)8/h3H2,1H3. The molecule has 1 aliphatic carbocycles. The number of carbonyl (C=O) groups excluding carboxylic acids is 1. The first-order valence-corrected chi connectivity index (χ1v) is 3.52. The predicted octanol–water partition coefficient (Wildman–Crippen LogP) is 1.66. The normalized spacial score (nSPS) is 34.6. The Bertz CT molecular complexity index is 230. The van der Waals surface area contributed by atoms with E-state index in [2.05, 4.69) is 0 Å². The molecule has 0 N–H and O–H groups in total. The number of halogens is 2. The molecule has 0 aliphatic heterocycles. The molecule has 0 amide bonds. The smallest absolute Gasteiger partial charge is 0.240 e. The average Bonchev–Trinajstić information content (AvgIpc) is 2.32. The molecule has 1 fully saturated rings. The van der Waals surface area contributed by atoms with Gasteiger partial charge < -0.3 is 0 Å². The number of rotatable bonds is 1. The van der Waals surface area contributed by atoms with Gasteiger partial charge in [-0.25, -0.2) is 0 Å². The minimum Gasteiger partial charge on any atom is -0.282 e. The van der Waals surface area contributed by atoms with Crippen molar-refractivity contribution < 1.29 is 4.79 Å². The van der Waals surface area contributed by atoms with Crippen LogP contribution < -0.4 is 0 Å². The number of nitriles is 1. The Labute approximate surface area is 68.7 Å². The summed E-state index contributed by atoms with van der Waals surface area (Å²) in [4.78, 5) is 10.8. The van der Waals surface area contributed by atoms with Crippen LogP contribution in [0, 0.1) is 16.7 Å². The minimum absolute atomic E-state index is 0.384. The van der Waals surface area contributed by atoms with Gasteiger partial charge in [-0.2, -0.15) is 5.26 Å². The van der Waals surface area contributed by atoms with E-state index in [-0.39, 0.29) is 0 Å². The van der Waals surface area contributed by atoms with Crippen molar-refractivity contribution in [3.63, 3.8) is 0 Å². The number of ketones is 1. The van der Waals surface area contributed by atoms with Crippen LogP contribution in [0.3, 0.4) is 0 Å². The predicted molar refractivity (Wildman–Crippen MR) is 37.8 cm³/mol. The van der Waals surface area contributed by atoms with Gasteiger partial charge in [-0.3, -0.25) is 4.79 Å². The van der Waals surface area contributed by atoms with Crippen molar-refractivity contribution in [1.82, 2.24) is 0 Å². The largest absolute Gasteiger partial charge is 0.282 e. The number of alkyl halides is 2. The Balaban J connectivity index is 2.80. The van der Waals surface area contributed by atoms with Crippen LogP contribution in [0.1, 0.15) is 13.3 Å². The fourth-order valence-electron chi connectivity index (χ4n) is 0.770. The molecule has 2 nitrogen and oxygen atoms in total. The van der Waals surface area contributed by atoms with Crippen LogP contribution in [-0.4, -0.2) is 10.1 Å². The van der Waals surface area contributed by atoms with Crippen LogP contribution in [0.25, 0.3) is 0 Å². The highest BCUT2D eigenvalue weighted by Gasteiger charge is 2.67. The topological polar surface area (TPSA) is 40.9 Å². The zero-order valence-electron chi connectivity index (χ0n) is 5.32. The van der Waals surface area contributed by atoms with Crippen LogP contribution in [0.4, 0.5) is 0 Å². The molecule has 0 aromatic rings. The summed E-state index contributed by atoms with van der Waals surface area (Å²) in [5.74, 6) is -0.530. The number of nitrogens with zero attached hydrogens (tertiary/aromatic N) is 1. The lowest BCUT2D eigenvalue weighted by Crippen LogP contribution is -2.15. The maximum absolute atomic E-state index is 10.8. The Morgan fingerprint density at radius 3 is 2.20 bits per heavy atom. The van der Waals surface area contributed by atoms with Gasteiger partial charge in [0.25, 0.3) is 0 Å². The highest BCUT2D eigenvalue weighted by molar-refractivity contribution is 6.53. The molecule has 1 aliphatic rings. The van der Waals surface area contributed by atoms with E-state index in [0.29, 0.717) is 6.42 Å². The van der Waals surface area contributed by atoms with Gasteiger partial charge in [0.05, 0.1) is 5.41 Å². The molecule has 0 radical (unpaired) electrons.